The average Bonchev–Trinajstić information content (AvgIpc) is 2.28. The summed E-state index contributed by atoms with van der Waals surface area (Å²) in [6.07, 6.45) is 2.71. The predicted molar refractivity (Wildman–Crippen MR) is 65.3 cm³/mol. The first kappa shape index (κ1) is 10.6. The van der Waals surface area contributed by atoms with Crippen LogP contribution in [0.2, 0.25) is 0 Å². The van der Waals surface area contributed by atoms with Crippen molar-refractivity contribution in [1.82, 2.24) is 5.32 Å². The zero-order chi connectivity index (χ0) is 11.4. The van der Waals surface area contributed by atoms with Crippen molar-refractivity contribution in [2.45, 2.75) is 13.0 Å². The first-order chi connectivity index (χ1) is 7.75. The highest BCUT2D eigenvalue weighted by atomic mass is 15.3. The number of nitrogens with one attached hydrogen (secondary N) is 1. The molecule has 0 atom stereocenters. The summed E-state index contributed by atoms with van der Waals surface area (Å²) in [6, 6.07) is 6.25. The van der Waals surface area contributed by atoms with Crippen molar-refractivity contribution in [3.8, 4) is 0 Å². The lowest BCUT2D eigenvalue weighted by atomic mass is 9.99. The van der Waals surface area contributed by atoms with Gasteiger partial charge in [-0.2, -0.15) is 5.10 Å². The molecule has 84 valence electrons. The van der Waals surface area contributed by atoms with Crippen molar-refractivity contribution in [2.75, 3.05) is 6.54 Å². The summed E-state index contributed by atoms with van der Waals surface area (Å²) in [5.74, 6) is -0.0292. The maximum absolute atomic E-state index is 5.17. The Morgan fingerprint density at radius 1 is 1.31 bits per heavy atom. The lowest BCUT2D eigenvalue weighted by molar-refractivity contribution is 0.644. The van der Waals surface area contributed by atoms with Gasteiger partial charge < -0.3 is 16.8 Å². The molecule has 16 heavy (non-hydrogen) atoms. The minimum Gasteiger partial charge on any atom is -0.369 e. The molecule has 0 radical (unpaired) electrons. The molecule has 0 bridgehead atoms. The van der Waals surface area contributed by atoms with Gasteiger partial charge in [-0.15, -0.1) is 5.10 Å². The van der Waals surface area contributed by atoms with Crippen molar-refractivity contribution in [3.63, 3.8) is 0 Å². The van der Waals surface area contributed by atoms with E-state index in [1.165, 1.54) is 11.1 Å². The van der Waals surface area contributed by atoms with E-state index in [-0.39, 0.29) is 5.96 Å². The molecule has 0 unspecified atom stereocenters. The molecule has 5 nitrogen and oxygen atoms in total. The Bertz CT molecular complexity index is 432. The van der Waals surface area contributed by atoms with Gasteiger partial charge in [0.25, 0.3) is 0 Å². The molecule has 1 aliphatic heterocycles. The minimum absolute atomic E-state index is 0.0292. The third-order valence-electron chi connectivity index (χ3n) is 2.50. The van der Waals surface area contributed by atoms with E-state index < -0.39 is 0 Å². The second-order valence-corrected chi connectivity index (χ2v) is 3.72. The SMILES string of the molecule is NC(N)=NN=Cc1ccc2c(c1)CCNC2. The van der Waals surface area contributed by atoms with Gasteiger partial charge in [-0.3, -0.25) is 0 Å². The van der Waals surface area contributed by atoms with Gasteiger partial charge in [0.1, 0.15) is 0 Å². The van der Waals surface area contributed by atoms with Gasteiger partial charge in [-0.05, 0) is 35.7 Å². The number of benzene rings is 1. The summed E-state index contributed by atoms with van der Waals surface area (Å²) in [6.45, 7) is 1.97. The van der Waals surface area contributed by atoms with Crippen LogP contribution in [0.5, 0.6) is 0 Å². The predicted octanol–water partition coefficient (Wildman–Crippen LogP) is -0.0604. The lowest BCUT2D eigenvalue weighted by Crippen LogP contribution is -2.23. The van der Waals surface area contributed by atoms with Crippen LogP contribution in [-0.4, -0.2) is 18.7 Å². The molecular weight excluding hydrogens is 202 g/mol. The van der Waals surface area contributed by atoms with Crippen LogP contribution in [0.1, 0.15) is 16.7 Å². The average molecular weight is 217 g/mol. The maximum atomic E-state index is 5.17. The molecule has 1 heterocycles. The summed E-state index contributed by atoms with van der Waals surface area (Å²) in [5, 5.41) is 10.7. The van der Waals surface area contributed by atoms with Crippen LogP contribution in [-0.2, 0) is 13.0 Å². The number of hydrogen-bond donors (Lipinski definition) is 3. The number of rotatable bonds is 2. The molecule has 0 amide bonds. The molecule has 0 fully saturated rings. The highest BCUT2D eigenvalue weighted by Gasteiger charge is 2.07. The molecule has 0 aliphatic carbocycles. The Morgan fingerprint density at radius 2 is 2.19 bits per heavy atom. The van der Waals surface area contributed by atoms with Crippen LogP contribution in [0.15, 0.2) is 28.4 Å². The van der Waals surface area contributed by atoms with Crippen molar-refractivity contribution < 1.29 is 0 Å². The van der Waals surface area contributed by atoms with Gasteiger partial charge in [0.2, 0.25) is 5.96 Å². The van der Waals surface area contributed by atoms with Crippen molar-refractivity contribution in [3.05, 3.63) is 34.9 Å². The normalized spacial score (nSPS) is 14.8. The third-order valence-corrected chi connectivity index (χ3v) is 2.50. The largest absolute Gasteiger partial charge is 0.369 e. The summed E-state index contributed by atoms with van der Waals surface area (Å²) in [4.78, 5) is 0. The Balaban J connectivity index is 2.17. The fourth-order valence-electron chi connectivity index (χ4n) is 1.74. The molecule has 0 spiro atoms. The number of guanidine groups is 1. The molecule has 0 saturated heterocycles. The van der Waals surface area contributed by atoms with Crippen LogP contribution in [0.25, 0.3) is 0 Å². The van der Waals surface area contributed by atoms with E-state index in [1.54, 1.807) is 6.21 Å². The first-order valence-corrected chi connectivity index (χ1v) is 5.20. The van der Waals surface area contributed by atoms with Gasteiger partial charge in [-0.25, -0.2) is 0 Å². The summed E-state index contributed by atoms with van der Waals surface area (Å²) in [5.41, 5.74) is 14.1. The molecule has 1 aromatic carbocycles. The summed E-state index contributed by atoms with van der Waals surface area (Å²) >= 11 is 0. The smallest absolute Gasteiger partial charge is 0.211 e. The van der Waals surface area contributed by atoms with Crippen LogP contribution >= 0.6 is 0 Å². The highest BCUT2D eigenvalue weighted by Crippen LogP contribution is 2.14. The fraction of sp³-hybridized carbons (Fsp3) is 0.273. The topological polar surface area (TPSA) is 88.8 Å². The van der Waals surface area contributed by atoms with Gasteiger partial charge in [0.05, 0.1) is 6.21 Å². The quantitative estimate of drug-likeness (QED) is 0.368. The molecule has 0 aromatic heterocycles. The first-order valence-electron chi connectivity index (χ1n) is 5.20. The molecular formula is C11H15N5. The number of nitrogens with zero attached hydrogens (tertiary/aromatic N) is 2. The molecule has 5 N–H and O–H groups in total. The number of nitrogens with two attached hydrogens (primary N) is 2. The van der Waals surface area contributed by atoms with Crippen molar-refractivity contribution >= 4 is 12.2 Å². The second-order valence-electron chi connectivity index (χ2n) is 3.72. The second kappa shape index (κ2) is 4.76. The van der Waals surface area contributed by atoms with Crippen LogP contribution < -0.4 is 16.8 Å². The Morgan fingerprint density at radius 3 is 3.00 bits per heavy atom. The molecule has 1 aromatic rings. The Kier molecular flexibility index (Phi) is 3.16. The van der Waals surface area contributed by atoms with E-state index in [0.717, 1.165) is 25.1 Å². The molecule has 0 saturated carbocycles. The standard InChI is InChI=1S/C11H15N5/c12-11(13)16-15-6-8-1-2-10-7-14-4-3-9(10)5-8/h1-2,5-6,14H,3-4,7H2,(H4,12,13,16). The lowest BCUT2D eigenvalue weighted by Gasteiger charge is -2.16. The number of hydrogen-bond acceptors (Lipinski definition) is 3. The molecule has 1 aliphatic rings. The zero-order valence-corrected chi connectivity index (χ0v) is 8.98. The monoisotopic (exact) mass is 217 g/mol. The van der Waals surface area contributed by atoms with E-state index in [0.29, 0.717) is 0 Å². The van der Waals surface area contributed by atoms with E-state index in [9.17, 15) is 0 Å². The van der Waals surface area contributed by atoms with Gasteiger partial charge in [-0.1, -0.05) is 12.1 Å². The van der Waals surface area contributed by atoms with Crippen LogP contribution in [0.4, 0.5) is 0 Å². The molecule has 2 rings (SSSR count). The fourth-order valence-corrected chi connectivity index (χ4v) is 1.74. The zero-order valence-electron chi connectivity index (χ0n) is 8.98. The van der Waals surface area contributed by atoms with E-state index in [1.807, 2.05) is 6.07 Å². The summed E-state index contributed by atoms with van der Waals surface area (Å²) in [7, 11) is 0. The van der Waals surface area contributed by atoms with Crippen LogP contribution in [0, 0.1) is 0 Å². The van der Waals surface area contributed by atoms with E-state index >= 15 is 0 Å². The van der Waals surface area contributed by atoms with Crippen molar-refractivity contribution in [1.29, 1.82) is 0 Å². The third kappa shape index (κ3) is 2.58. The van der Waals surface area contributed by atoms with Gasteiger partial charge in [0, 0.05) is 6.54 Å². The highest BCUT2D eigenvalue weighted by molar-refractivity contribution is 5.81. The molecule has 5 heteroatoms. The van der Waals surface area contributed by atoms with E-state index in [4.69, 9.17) is 11.5 Å². The Hall–Kier alpha value is -1.88. The van der Waals surface area contributed by atoms with Crippen LogP contribution in [0.3, 0.4) is 0 Å². The summed E-state index contributed by atoms with van der Waals surface area (Å²) < 4.78 is 0. The van der Waals surface area contributed by atoms with Gasteiger partial charge in [0.15, 0.2) is 0 Å². The van der Waals surface area contributed by atoms with Gasteiger partial charge >= 0.3 is 0 Å². The van der Waals surface area contributed by atoms with Crippen molar-refractivity contribution in [2.24, 2.45) is 21.7 Å². The number of fused-ring (bicyclic) bond motifs is 1. The minimum atomic E-state index is -0.0292. The van der Waals surface area contributed by atoms with E-state index in [2.05, 4.69) is 27.7 Å². The maximum Gasteiger partial charge on any atom is 0.211 e. The Labute approximate surface area is 94.2 Å².